The minimum Gasteiger partial charge on any atom is -0.491 e. The van der Waals surface area contributed by atoms with E-state index >= 15 is 0 Å². The monoisotopic (exact) mass is 437 g/mol. The molecule has 1 atom stereocenters. The molecule has 0 radical (unpaired) electrons. The number of nitrogens with zero attached hydrogens (tertiary/aromatic N) is 3. The summed E-state index contributed by atoms with van der Waals surface area (Å²) in [6, 6.07) is 19.7. The molecular formula is C26H35N3O3. The summed E-state index contributed by atoms with van der Waals surface area (Å²) in [5.41, 5.74) is 2.96. The number of hydrogen-bond donors (Lipinski definition) is 1. The van der Waals surface area contributed by atoms with Crippen molar-refractivity contribution in [1.82, 2.24) is 10.1 Å². The number of aromatic nitrogens is 1. The van der Waals surface area contributed by atoms with Crippen molar-refractivity contribution < 1.29 is 14.4 Å². The molecule has 172 valence electrons. The molecule has 0 aliphatic carbocycles. The number of hydrogen-bond acceptors (Lipinski definition) is 6. The molecule has 0 spiro atoms. The van der Waals surface area contributed by atoms with Gasteiger partial charge in [-0.05, 0) is 38.9 Å². The van der Waals surface area contributed by atoms with Crippen molar-refractivity contribution in [3.8, 4) is 17.0 Å². The Bertz CT molecular complexity index is 911. The third-order valence-corrected chi connectivity index (χ3v) is 5.44. The molecular weight excluding hydrogens is 402 g/mol. The van der Waals surface area contributed by atoms with Gasteiger partial charge in [0, 0.05) is 31.7 Å². The smallest absolute Gasteiger partial charge is 0.232 e. The van der Waals surface area contributed by atoms with Gasteiger partial charge in [0.2, 0.25) is 5.88 Å². The van der Waals surface area contributed by atoms with Gasteiger partial charge in [-0.3, -0.25) is 4.90 Å². The van der Waals surface area contributed by atoms with E-state index in [0.29, 0.717) is 13.1 Å². The predicted molar refractivity (Wildman–Crippen MR) is 129 cm³/mol. The molecule has 0 unspecified atom stereocenters. The standard InChI is InChI=1S/C26H35N3O3/c1-4-17-28(18-22(30)20-31-23-15-11-8-12-16-23)19-24-25(21-13-9-7-10-14-21)27-32-26(24)29(5-2)6-3/h7-16,22,30H,4-6,17-20H2,1-3H3/t22-/m1/s1. The number of ether oxygens (including phenoxy) is 1. The molecule has 3 aromatic rings. The zero-order valence-corrected chi connectivity index (χ0v) is 19.4. The van der Waals surface area contributed by atoms with Crippen molar-refractivity contribution in [1.29, 1.82) is 0 Å². The van der Waals surface area contributed by atoms with Crippen molar-refractivity contribution >= 4 is 5.88 Å². The molecule has 0 fully saturated rings. The van der Waals surface area contributed by atoms with E-state index in [0.717, 1.165) is 54.5 Å². The summed E-state index contributed by atoms with van der Waals surface area (Å²) >= 11 is 0. The van der Waals surface area contributed by atoms with E-state index < -0.39 is 6.10 Å². The summed E-state index contributed by atoms with van der Waals surface area (Å²) in [4.78, 5) is 4.44. The third-order valence-electron chi connectivity index (χ3n) is 5.44. The third kappa shape index (κ3) is 6.34. The summed E-state index contributed by atoms with van der Waals surface area (Å²) < 4.78 is 11.6. The van der Waals surface area contributed by atoms with E-state index in [1.807, 2.05) is 48.5 Å². The zero-order chi connectivity index (χ0) is 22.8. The summed E-state index contributed by atoms with van der Waals surface area (Å²) in [5.74, 6) is 1.58. The number of aliphatic hydroxyl groups excluding tert-OH is 1. The molecule has 0 amide bonds. The minimum absolute atomic E-state index is 0.252. The lowest BCUT2D eigenvalue weighted by molar-refractivity contribution is 0.0656. The van der Waals surface area contributed by atoms with Crippen LogP contribution in [0.5, 0.6) is 5.75 Å². The van der Waals surface area contributed by atoms with Crippen LogP contribution in [0.25, 0.3) is 11.3 Å². The Morgan fingerprint density at radius 2 is 1.62 bits per heavy atom. The van der Waals surface area contributed by atoms with Crippen LogP contribution in [0.2, 0.25) is 0 Å². The summed E-state index contributed by atoms with van der Waals surface area (Å²) in [7, 11) is 0. The molecule has 0 saturated heterocycles. The normalized spacial score (nSPS) is 12.2. The molecule has 6 heteroatoms. The maximum Gasteiger partial charge on any atom is 0.232 e. The summed E-state index contributed by atoms with van der Waals surface area (Å²) in [6.45, 7) is 10.3. The van der Waals surface area contributed by atoms with Gasteiger partial charge in [-0.2, -0.15) is 0 Å². The second kappa shape index (κ2) is 12.3. The minimum atomic E-state index is -0.598. The van der Waals surface area contributed by atoms with E-state index in [4.69, 9.17) is 9.26 Å². The van der Waals surface area contributed by atoms with E-state index in [1.165, 1.54) is 0 Å². The Hall–Kier alpha value is -2.83. The fraction of sp³-hybridized carbons (Fsp3) is 0.423. The molecule has 1 heterocycles. The fourth-order valence-corrected chi connectivity index (χ4v) is 3.86. The first-order valence-electron chi connectivity index (χ1n) is 11.5. The fourth-order valence-electron chi connectivity index (χ4n) is 3.86. The van der Waals surface area contributed by atoms with Crippen LogP contribution in [0.4, 0.5) is 5.88 Å². The number of para-hydroxylation sites is 1. The van der Waals surface area contributed by atoms with Crippen molar-refractivity contribution in [3.63, 3.8) is 0 Å². The van der Waals surface area contributed by atoms with Crippen LogP contribution in [0.3, 0.4) is 0 Å². The summed E-state index contributed by atoms with van der Waals surface area (Å²) in [6.07, 6.45) is 0.387. The lowest BCUT2D eigenvalue weighted by Gasteiger charge is -2.26. The van der Waals surface area contributed by atoms with Gasteiger partial charge in [-0.25, -0.2) is 0 Å². The van der Waals surface area contributed by atoms with Crippen molar-refractivity contribution in [3.05, 3.63) is 66.2 Å². The van der Waals surface area contributed by atoms with Crippen LogP contribution >= 0.6 is 0 Å². The first-order valence-corrected chi connectivity index (χ1v) is 11.5. The quantitative estimate of drug-likeness (QED) is 0.413. The topological polar surface area (TPSA) is 62.0 Å². The van der Waals surface area contributed by atoms with E-state index in [2.05, 4.69) is 47.9 Å². The highest BCUT2D eigenvalue weighted by atomic mass is 16.5. The predicted octanol–water partition coefficient (Wildman–Crippen LogP) is 4.84. The first kappa shape index (κ1) is 23.8. The van der Waals surface area contributed by atoms with Gasteiger partial charge < -0.3 is 19.3 Å². The van der Waals surface area contributed by atoms with Gasteiger partial charge in [0.05, 0.1) is 5.56 Å². The lowest BCUT2D eigenvalue weighted by Crippen LogP contribution is -2.36. The van der Waals surface area contributed by atoms with Crippen molar-refractivity contribution in [2.24, 2.45) is 0 Å². The largest absolute Gasteiger partial charge is 0.491 e. The van der Waals surface area contributed by atoms with Crippen LogP contribution in [-0.2, 0) is 6.54 Å². The van der Waals surface area contributed by atoms with Crippen molar-refractivity contribution in [2.75, 3.05) is 37.7 Å². The van der Waals surface area contributed by atoms with Gasteiger partial charge in [-0.15, -0.1) is 0 Å². The highest BCUT2D eigenvalue weighted by Gasteiger charge is 2.24. The molecule has 3 rings (SSSR count). The maximum absolute atomic E-state index is 10.7. The highest BCUT2D eigenvalue weighted by Crippen LogP contribution is 2.32. The Morgan fingerprint density at radius 1 is 0.969 bits per heavy atom. The molecule has 1 aromatic heterocycles. The Balaban J connectivity index is 1.78. The van der Waals surface area contributed by atoms with Crippen LogP contribution in [0.15, 0.2) is 65.2 Å². The van der Waals surface area contributed by atoms with Crippen LogP contribution in [-0.4, -0.2) is 54.1 Å². The highest BCUT2D eigenvalue weighted by molar-refractivity contribution is 5.68. The number of aliphatic hydroxyl groups is 1. The van der Waals surface area contributed by atoms with Gasteiger partial charge >= 0.3 is 0 Å². The molecule has 6 nitrogen and oxygen atoms in total. The molecule has 2 aromatic carbocycles. The van der Waals surface area contributed by atoms with E-state index in [9.17, 15) is 5.11 Å². The zero-order valence-electron chi connectivity index (χ0n) is 19.4. The molecule has 32 heavy (non-hydrogen) atoms. The second-order valence-electron chi connectivity index (χ2n) is 7.87. The second-order valence-corrected chi connectivity index (χ2v) is 7.87. The average molecular weight is 438 g/mol. The van der Waals surface area contributed by atoms with Gasteiger partial charge in [0.1, 0.15) is 24.2 Å². The Labute approximate surface area is 191 Å². The lowest BCUT2D eigenvalue weighted by atomic mass is 10.1. The maximum atomic E-state index is 10.7. The van der Waals surface area contributed by atoms with Crippen LogP contribution in [0, 0.1) is 0 Å². The SMILES string of the molecule is CCCN(Cc1c(-c2ccccc2)noc1N(CC)CC)C[C@@H](O)COc1ccccc1. The number of anilines is 1. The molecule has 0 saturated carbocycles. The molecule has 1 N–H and O–H groups in total. The van der Waals surface area contributed by atoms with E-state index in [-0.39, 0.29) is 6.61 Å². The van der Waals surface area contributed by atoms with Crippen molar-refractivity contribution in [2.45, 2.75) is 39.8 Å². The molecule has 0 bridgehead atoms. The van der Waals surface area contributed by atoms with Gasteiger partial charge in [0.15, 0.2) is 0 Å². The Morgan fingerprint density at radius 3 is 2.25 bits per heavy atom. The van der Waals surface area contributed by atoms with Crippen LogP contribution in [0.1, 0.15) is 32.8 Å². The van der Waals surface area contributed by atoms with Gasteiger partial charge in [0.25, 0.3) is 0 Å². The number of benzene rings is 2. The summed E-state index contributed by atoms with van der Waals surface area (Å²) in [5, 5.41) is 15.1. The molecule has 0 aliphatic heterocycles. The van der Waals surface area contributed by atoms with Gasteiger partial charge in [-0.1, -0.05) is 60.6 Å². The first-order chi connectivity index (χ1) is 15.7. The van der Waals surface area contributed by atoms with Crippen LogP contribution < -0.4 is 9.64 Å². The number of rotatable bonds is 13. The Kier molecular flexibility index (Phi) is 9.13. The van der Waals surface area contributed by atoms with E-state index in [1.54, 1.807) is 0 Å². The molecule has 0 aliphatic rings. The average Bonchev–Trinajstić information content (AvgIpc) is 3.23.